The van der Waals surface area contributed by atoms with E-state index < -0.39 is 0 Å². The van der Waals surface area contributed by atoms with E-state index in [1.165, 1.54) is 22.9 Å². The summed E-state index contributed by atoms with van der Waals surface area (Å²) in [6.07, 6.45) is 2.75. The predicted molar refractivity (Wildman–Crippen MR) is 123 cm³/mol. The molecule has 6 heteroatoms. The molecule has 1 aromatic heterocycles. The minimum Gasteiger partial charge on any atom is -0.350 e. The number of nitrogens with zero attached hydrogens (tertiary/aromatic N) is 3. The minimum absolute atomic E-state index is 0.0416. The summed E-state index contributed by atoms with van der Waals surface area (Å²) >= 11 is 0. The highest BCUT2D eigenvalue weighted by molar-refractivity contribution is 5.78. The molecular weight excluding hydrogens is 388 g/mol. The molecule has 1 saturated heterocycles. The van der Waals surface area contributed by atoms with Gasteiger partial charge in [-0.3, -0.25) is 19.1 Å². The van der Waals surface area contributed by atoms with Crippen molar-refractivity contribution in [2.24, 2.45) is 11.8 Å². The van der Waals surface area contributed by atoms with E-state index in [-0.39, 0.29) is 18.0 Å². The van der Waals surface area contributed by atoms with Gasteiger partial charge >= 0.3 is 0 Å². The number of rotatable bonds is 6. The van der Waals surface area contributed by atoms with Crippen LogP contribution in [0.15, 0.2) is 59.7 Å². The molecule has 0 saturated carbocycles. The molecule has 4 rings (SSSR count). The fourth-order valence-electron chi connectivity index (χ4n) is 4.57. The SMILES string of the molecule is CC1CC(C)CN(Cc2ccc(CNC(=O)Cn3cnc4ccccc4c3=O)cc2)C1. The van der Waals surface area contributed by atoms with Crippen LogP contribution in [0.1, 0.15) is 31.4 Å². The molecule has 0 radical (unpaired) electrons. The van der Waals surface area contributed by atoms with Crippen LogP contribution in [0, 0.1) is 11.8 Å². The van der Waals surface area contributed by atoms with E-state index in [2.05, 4.69) is 53.3 Å². The van der Waals surface area contributed by atoms with E-state index in [1.807, 2.05) is 6.07 Å². The Hall–Kier alpha value is -2.99. The second-order valence-corrected chi connectivity index (χ2v) is 8.93. The number of hydrogen-bond donors (Lipinski definition) is 1. The molecule has 2 heterocycles. The topological polar surface area (TPSA) is 67.2 Å². The van der Waals surface area contributed by atoms with E-state index in [1.54, 1.807) is 18.2 Å². The first kappa shape index (κ1) is 21.2. The summed E-state index contributed by atoms with van der Waals surface area (Å²) in [6.45, 7) is 8.34. The maximum absolute atomic E-state index is 12.5. The van der Waals surface area contributed by atoms with Crippen molar-refractivity contribution in [1.82, 2.24) is 19.8 Å². The molecule has 1 aliphatic rings. The van der Waals surface area contributed by atoms with E-state index in [0.29, 0.717) is 17.4 Å². The molecule has 2 unspecified atom stereocenters. The number of piperidine rings is 1. The minimum atomic E-state index is -0.209. The fourth-order valence-corrected chi connectivity index (χ4v) is 4.57. The molecule has 0 aliphatic carbocycles. The Balaban J connectivity index is 1.31. The van der Waals surface area contributed by atoms with Gasteiger partial charge in [-0.2, -0.15) is 0 Å². The van der Waals surface area contributed by atoms with Gasteiger partial charge in [-0.25, -0.2) is 4.98 Å². The Morgan fingerprint density at radius 2 is 1.71 bits per heavy atom. The highest BCUT2D eigenvalue weighted by atomic mass is 16.2. The average Bonchev–Trinajstić information content (AvgIpc) is 2.75. The van der Waals surface area contributed by atoms with Crippen LogP contribution in [0.4, 0.5) is 0 Å². The van der Waals surface area contributed by atoms with Crippen LogP contribution in [-0.2, 0) is 24.4 Å². The number of benzene rings is 2. The van der Waals surface area contributed by atoms with E-state index in [0.717, 1.165) is 37.0 Å². The summed E-state index contributed by atoms with van der Waals surface area (Å²) in [5, 5.41) is 3.42. The summed E-state index contributed by atoms with van der Waals surface area (Å²) in [5.41, 5.74) is 2.77. The number of nitrogens with one attached hydrogen (secondary N) is 1. The van der Waals surface area contributed by atoms with Gasteiger partial charge in [0.1, 0.15) is 6.54 Å². The molecule has 1 N–H and O–H groups in total. The number of fused-ring (bicyclic) bond motifs is 1. The van der Waals surface area contributed by atoms with Crippen LogP contribution >= 0.6 is 0 Å². The third-order valence-corrected chi connectivity index (χ3v) is 5.91. The van der Waals surface area contributed by atoms with Gasteiger partial charge < -0.3 is 5.32 Å². The number of carbonyl (C=O) groups excluding carboxylic acids is 1. The van der Waals surface area contributed by atoms with Crippen LogP contribution in [0.25, 0.3) is 10.9 Å². The van der Waals surface area contributed by atoms with Gasteiger partial charge in [-0.05, 0) is 41.5 Å². The maximum Gasteiger partial charge on any atom is 0.261 e. The summed E-state index contributed by atoms with van der Waals surface area (Å²) in [5.74, 6) is 1.30. The van der Waals surface area contributed by atoms with Crippen molar-refractivity contribution in [3.8, 4) is 0 Å². The number of likely N-dealkylation sites (tertiary alicyclic amines) is 1. The lowest BCUT2D eigenvalue weighted by Gasteiger charge is -2.35. The highest BCUT2D eigenvalue weighted by Crippen LogP contribution is 2.22. The molecular formula is C25H30N4O2. The lowest BCUT2D eigenvalue weighted by molar-refractivity contribution is -0.121. The van der Waals surface area contributed by atoms with Crippen LogP contribution in [0.5, 0.6) is 0 Å². The van der Waals surface area contributed by atoms with Gasteiger partial charge in [0.05, 0.1) is 17.2 Å². The summed E-state index contributed by atoms with van der Waals surface area (Å²) < 4.78 is 1.35. The molecule has 162 valence electrons. The van der Waals surface area contributed by atoms with Crippen molar-refractivity contribution in [2.75, 3.05) is 13.1 Å². The third kappa shape index (κ3) is 5.39. The quantitative estimate of drug-likeness (QED) is 0.668. The molecule has 0 spiro atoms. The van der Waals surface area contributed by atoms with E-state index >= 15 is 0 Å². The van der Waals surface area contributed by atoms with Gasteiger partial charge in [0.15, 0.2) is 0 Å². The van der Waals surface area contributed by atoms with Crippen molar-refractivity contribution >= 4 is 16.8 Å². The van der Waals surface area contributed by atoms with Crippen LogP contribution in [-0.4, -0.2) is 33.4 Å². The average molecular weight is 419 g/mol. The highest BCUT2D eigenvalue weighted by Gasteiger charge is 2.21. The number of hydrogen-bond acceptors (Lipinski definition) is 4. The van der Waals surface area contributed by atoms with Crippen molar-refractivity contribution in [3.63, 3.8) is 0 Å². The zero-order valence-corrected chi connectivity index (χ0v) is 18.3. The zero-order chi connectivity index (χ0) is 21.8. The first-order valence-electron chi connectivity index (χ1n) is 11.0. The maximum atomic E-state index is 12.5. The third-order valence-electron chi connectivity index (χ3n) is 5.91. The van der Waals surface area contributed by atoms with E-state index in [9.17, 15) is 9.59 Å². The molecule has 1 amide bonds. The molecule has 6 nitrogen and oxygen atoms in total. The van der Waals surface area contributed by atoms with Crippen molar-refractivity contribution in [1.29, 1.82) is 0 Å². The van der Waals surface area contributed by atoms with E-state index in [4.69, 9.17) is 0 Å². The second-order valence-electron chi connectivity index (χ2n) is 8.93. The Kier molecular flexibility index (Phi) is 6.47. The number of aromatic nitrogens is 2. The molecule has 0 bridgehead atoms. The van der Waals surface area contributed by atoms with Gasteiger partial charge in [-0.15, -0.1) is 0 Å². The van der Waals surface area contributed by atoms with Gasteiger partial charge in [-0.1, -0.05) is 50.2 Å². The lowest BCUT2D eigenvalue weighted by atomic mass is 9.91. The largest absolute Gasteiger partial charge is 0.350 e. The molecule has 31 heavy (non-hydrogen) atoms. The number of carbonyl (C=O) groups is 1. The zero-order valence-electron chi connectivity index (χ0n) is 18.3. The van der Waals surface area contributed by atoms with Crippen molar-refractivity contribution < 1.29 is 4.79 Å². The lowest BCUT2D eigenvalue weighted by Crippen LogP contribution is -2.38. The molecule has 2 aromatic carbocycles. The van der Waals surface area contributed by atoms with Crippen LogP contribution in [0.2, 0.25) is 0 Å². The Labute approximate surface area is 182 Å². The predicted octanol–water partition coefficient (Wildman–Crippen LogP) is 3.19. The first-order valence-corrected chi connectivity index (χ1v) is 11.0. The van der Waals surface area contributed by atoms with Gasteiger partial charge in [0, 0.05) is 26.2 Å². The second kappa shape index (κ2) is 9.43. The standard InChI is InChI=1S/C25H30N4O2/c1-18-11-19(2)14-28(13-18)15-21-9-7-20(8-10-21)12-26-24(30)16-29-17-27-23-6-4-3-5-22(23)25(29)31/h3-10,17-19H,11-16H2,1-2H3,(H,26,30). The molecule has 3 aromatic rings. The van der Waals surface area contributed by atoms with Crippen molar-refractivity contribution in [2.45, 2.75) is 39.9 Å². The van der Waals surface area contributed by atoms with Crippen LogP contribution < -0.4 is 10.9 Å². The Morgan fingerprint density at radius 3 is 2.45 bits per heavy atom. The molecule has 2 atom stereocenters. The van der Waals surface area contributed by atoms with Crippen LogP contribution in [0.3, 0.4) is 0 Å². The number of amides is 1. The summed E-state index contributed by atoms with van der Waals surface area (Å²) in [6, 6.07) is 15.6. The summed E-state index contributed by atoms with van der Waals surface area (Å²) in [4.78, 5) is 31.7. The van der Waals surface area contributed by atoms with Gasteiger partial charge in [0.2, 0.25) is 5.91 Å². The summed E-state index contributed by atoms with van der Waals surface area (Å²) in [7, 11) is 0. The monoisotopic (exact) mass is 418 g/mol. The molecule has 1 fully saturated rings. The Bertz CT molecular complexity index is 1100. The smallest absolute Gasteiger partial charge is 0.261 e. The normalized spacial score (nSPS) is 19.4. The molecule has 1 aliphatic heterocycles. The fraction of sp³-hybridized carbons (Fsp3) is 0.400. The van der Waals surface area contributed by atoms with Crippen molar-refractivity contribution in [3.05, 3.63) is 76.3 Å². The first-order chi connectivity index (χ1) is 15.0. The van der Waals surface area contributed by atoms with Gasteiger partial charge in [0.25, 0.3) is 5.56 Å². The Morgan fingerprint density at radius 1 is 1.03 bits per heavy atom. The number of para-hydroxylation sites is 1.